The van der Waals surface area contributed by atoms with Gasteiger partial charge in [0.05, 0.1) is 12.3 Å². The van der Waals surface area contributed by atoms with Gasteiger partial charge >= 0.3 is 5.97 Å². The highest BCUT2D eigenvalue weighted by atomic mass is 16.5. The minimum atomic E-state index is -1.09. The minimum Gasteiger partial charge on any atom is -0.492 e. The SMILES string of the molecule is CCOc1ccccc1NC(=O)C(C)OC(=O)/C(C#N)=C/c1cc(C)n(CCC(C)C)c1C. The summed E-state index contributed by atoms with van der Waals surface area (Å²) in [6.45, 7) is 12.9. The second kappa shape index (κ2) is 11.9. The lowest BCUT2D eigenvalue weighted by Crippen LogP contribution is -2.30. The van der Waals surface area contributed by atoms with E-state index in [1.807, 2.05) is 32.9 Å². The lowest BCUT2D eigenvalue weighted by atomic mass is 10.1. The predicted molar refractivity (Wildman–Crippen MR) is 129 cm³/mol. The number of hydrogen-bond acceptors (Lipinski definition) is 5. The first-order valence-electron chi connectivity index (χ1n) is 11.2. The van der Waals surface area contributed by atoms with E-state index < -0.39 is 18.0 Å². The molecule has 176 valence electrons. The molecule has 0 aliphatic rings. The Bertz CT molecular complexity index is 1060. The lowest BCUT2D eigenvalue weighted by molar-refractivity contribution is -0.148. The molecule has 0 bridgehead atoms. The molecule has 2 aromatic rings. The average Bonchev–Trinajstić information content (AvgIpc) is 3.04. The molecule has 0 spiro atoms. The fraction of sp³-hybridized carbons (Fsp3) is 0.423. The Balaban J connectivity index is 2.12. The van der Waals surface area contributed by atoms with Crippen molar-refractivity contribution in [1.29, 1.82) is 5.26 Å². The quantitative estimate of drug-likeness (QED) is 0.311. The van der Waals surface area contributed by atoms with E-state index in [-0.39, 0.29) is 5.57 Å². The lowest BCUT2D eigenvalue weighted by Gasteiger charge is -2.15. The number of rotatable bonds is 10. The van der Waals surface area contributed by atoms with Crippen LogP contribution in [-0.2, 0) is 20.9 Å². The topological polar surface area (TPSA) is 93.3 Å². The molecule has 1 aromatic carbocycles. The molecular formula is C26H33N3O4. The van der Waals surface area contributed by atoms with Gasteiger partial charge in [-0.1, -0.05) is 26.0 Å². The maximum atomic E-state index is 12.6. The molecule has 2 rings (SSSR count). The van der Waals surface area contributed by atoms with Crippen molar-refractivity contribution in [3.05, 3.63) is 52.9 Å². The van der Waals surface area contributed by atoms with Crippen molar-refractivity contribution in [3.63, 3.8) is 0 Å². The number of carbonyl (C=O) groups excluding carboxylic acids is 2. The van der Waals surface area contributed by atoms with Crippen LogP contribution in [0.1, 0.15) is 51.1 Å². The van der Waals surface area contributed by atoms with E-state index >= 15 is 0 Å². The summed E-state index contributed by atoms with van der Waals surface area (Å²) in [6, 6.07) is 10.9. The van der Waals surface area contributed by atoms with Gasteiger partial charge in [0, 0.05) is 17.9 Å². The summed E-state index contributed by atoms with van der Waals surface area (Å²) in [5.41, 5.74) is 3.15. The van der Waals surface area contributed by atoms with E-state index in [0.717, 1.165) is 29.9 Å². The second-order valence-electron chi connectivity index (χ2n) is 8.30. The Morgan fingerprint density at radius 2 is 1.91 bits per heavy atom. The van der Waals surface area contributed by atoms with E-state index in [9.17, 15) is 14.9 Å². The number of nitriles is 1. The molecule has 7 heteroatoms. The van der Waals surface area contributed by atoms with Crippen LogP contribution in [-0.4, -0.2) is 29.2 Å². The van der Waals surface area contributed by atoms with Crippen molar-refractivity contribution in [3.8, 4) is 11.8 Å². The maximum Gasteiger partial charge on any atom is 0.349 e. The van der Waals surface area contributed by atoms with Gasteiger partial charge in [-0.25, -0.2) is 4.79 Å². The highest BCUT2D eigenvalue weighted by molar-refractivity contribution is 6.01. The molecule has 1 aromatic heterocycles. The fourth-order valence-corrected chi connectivity index (χ4v) is 3.36. The number of benzene rings is 1. The molecule has 1 atom stereocenters. The number of aryl methyl sites for hydroxylation is 1. The van der Waals surface area contributed by atoms with Crippen LogP contribution in [0.25, 0.3) is 6.08 Å². The van der Waals surface area contributed by atoms with Crippen LogP contribution in [0, 0.1) is 31.1 Å². The summed E-state index contributed by atoms with van der Waals surface area (Å²) < 4.78 is 13.0. The van der Waals surface area contributed by atoms with Crippen LogP contribution in [0.5, 0.6) is 5.75 Å². The molecular weight excluding hydrogens is 418 g/mol. The minimum absolute atomic E-state index is 0.159. The first-order valence-corrected chi connectivity index (χ1v) is 11.2. The van der Waals surface area contributed by atoms with Crippen LogP contribution in [0.15, 0.2) is 35.9 Å². The molecule has 1 amide bonds. The third-order valence-electron chi connectivity index (χ3n) is 5.28. The number of hydrogen-bond donors (Lipinski definition) is 1. The number of amides is 1. The molecule has 1 N–H and O–H groups in total. The van der Waals surface area contributed by atoms with Gasteiger partial charge in [0.25, 0.3) is 5.91 Å². The monoisotopic (exact) mass is 451 g/mol. The predicted octanol–water partition coefficient (Wildman–Crippen LogP) is 5.03. The van der Waals surface area contributed by atoms with Gasteiger partial charge in [0.2, 0.25) is 0 Å². The summed E-state index contributed by atoms with van der Waals surface area (Å²) in [7, 11) is 0. The van der Waals surface area contributed by atoms with Gasteiger partial charge in [-0.05, 0) is 69.9 Å². The molecule has 0 saturated heterocycles. The highest BCUT2D eigenvalue weighted by Crippen LogP contribution is 2.24. The molecule has 1 heterocycles. The second-order valence-corrected chi connectivity index (χ2v) is 8.30. The van der Waals surface area contributed by atoms with Crippen LogP contribution < -0.4 is 10.1 Å². The van der Waals surface area contributed by atoms with Gasteiger partial charge in [0.15, 0.2) is 6.10 Å². The average molecular weight is 452 g/mol. The van der Waals surface area contributed by atoms with Crippen molar-refractivity contribution >= 4 is 23.6 Å². The zero-order valence-corrected chi connectivity index (χ0v) is 20.3. The Hall–Kier alpha value is -3.53. The number of esters is 1. The van der Waals surface area contributed by atoms with Gasteiger partial charge in [-0.15, -0.1) is 0 Å². The molecule has 1 unspecified atom stereocenters. The number of nitrogens with zero attached hydrogens (tertiary/aromatic N) is 2. The van der Waals surface area contributed by atoms with Crippen LogP contribution in [0.2, 0.25) is 0 Å². The van der Waals surface area contributed by atoms with E-state index in [4.69, 9.17) is 9.47 Å². The fourth-order valence-electron chi connectivity index (χ4n) is 3.36. The molecule has 0 aliphatic carbocycles. The molecule has 0 radical (unpaired) electrons. The van der Waals surface area contributed by atoms with Crippen molar-refractivity contribution in [2.45, 2.75) is 60.6 Å². The zero-order chi connectivity index (χ0) is 24.5. The Morgan fingerprint density at radius 3 is 2.55 bits per heavy atom. The number of ether oxygens (including phenoxy) is 2. The van der Waals surface area contributed by atoms with Crippen molar-refractivity contribution in [2.75, 3.05) is 11.9 Å². The van der Waals surface area contributed by atoms with Crippen LogP contribution in [0.4, 0.5) is 5.69 Å². The molecule has 0 fully saturated rings. The Morgan fingerprint density at radius 1 is 1.21 bits per heavy atom. The van der Waals surface area contributed by atoms with Gasteiger partial charge in [-0.3, -0.25) is 4.79 Å². The number of nitrogens with one attached hydrogen (secondary N) is 1. The number of carbonyl (C=O) groups is 2. The van der Waals surface area contributed by atoms with Gasteiger partial charge in [0.1, 0.15) is 17.4 Å². The van der Waals surface area contributed by atoms with E-state index in [1.165, 1.54) is 13.0 Å². The van der Waals surface area contributed by atoms with Crippen molar-refractivity contribution in [1.82, 2.24) is 4.57 Å². The van der Waals surface area contributed by atoms with E-state index in [1.54, 1.807) is 24.3 Å². The maximum absolute atomic E-state index is 12.6. The number of para-hydroxylation sites is 2. The third-order valence-corrected chi connectivity index (χ3v) is 5.28. The summed E-state index contributed by atoms with van der Waals surface area (Å²) in [5, 5.41) is 12.2. The van der Waals surface area contributed by atoms with Gasteiger partial charge < -0.3 is 19.4 Å². The standard InChI is InChI=1S/C26H33N3O4/c1-7-32-24-11-9-8-10-23(24)28-25(30)20(6)33-26(31)22(16-27)15-21-14-18(4)29(19(21)5)13-12-17(2)3/h8-11,14-15,17,20H,7,12-13H2,1-6H3,(H,28,30)/b22-15+. The molecule has 7 nitrogen and oxygen atoms in total. The largest absolute Gasteiger partial charge is 0.492 e. The molecule has 33 heavy (non-hydrogen) atoms. The molecule has 0 aliphatic heterocycles. The first kappa shape index (κ1) is 25.7. The molecule has 0 saturated carbocycles. The number of aromatic nitrogens is 1. The number of anilines is 1. The normalized spacial score (nSPS) is 12.2. The summed E-state index contributed by atoms with van der Waals surface area (Å²) in [4.78, 5) is 25.2. The van der Waals surface area contributed by atoms with Crippen molar-refractivity contribution < 1.29 is 19.1 Å². The zero-order valence-electron chi connectivity index (χ0n) is 20.3. The van der Waals surface area contributed by atoms with Crippen molar-refractivity contribution in [2.24, 2.45) is 5.92 Å². The summed E-state index contributed by atoms with van der Waals surface area (Å²) in [6.07, 6.45) is 1.46. The van der Waals surface area contributed by atoms with E-state index in [0.29, 0.717) is 24.0 Å². The van der Waals surface area contributed by atoms with Gasteiger partial charge in [-0.2, -0.15) is 5.26 Å². The Kier molecular flexibility index (Phi) is 9.29. The van der Waals surface area contributed by atoms with Crippen LogP contribution in [0.3, 0.4) is 0 Å². The van der Waals surface area contributed by atoms with Crippen LogP contribution >= 0.6 is 0 Å². The first-order chi connectivity index (χ1) is 15.7. The highest BCUT2D eigenvalue weighted by Gasteiger charge is 2.22. The van der Waals surface area contributed by atoms with E-state index in [2.05, 4.69) is 23.7 Å². The summed E-state index contributed by atoms with van der Waals surface area (Å²) >= 11 is 0. The summed E-state index contributed by atoms with van der Waals surface area (Å²) in [5.74, 6) is -0.259. The smallest absolute Gasteiger partial charge is 0.349 e. The Labute approximate surface area is 196 Å². The third kappa shape index (κ3) is 6.98.